The molecule has 2 unspecified atom stereocenters. The summed E-state index contributed by atoms with van der Waals surface area (Å²) in [5.41, 5.74) is 0.560. The molecule has 1 fully saturated rings. The highest BCUT2D eigenvalue weighted by atomic mass is 32.1. The number of carbonyl (C=O) groups is 1. The standard InChI is InChI=1S/C15H19N3O2S/c1-10-4-2-3-5-11(10)17-13(19)8-18-9-16-12-6-7-21-14(12)15(18)20/h6-7,9-11H,2-5,8H2,1H3,(H,17,19). The minimum Gasteiger partial charge on any atom is -0.352 e. The molecule has 5 nitrogen and oxygen atoms in total. The predicted octanol–water partition coefficient (Wildman–Crippen LogP) is 2.15. The van der Waals surface area contributed by atoms with Crippen molar-refractivity contribution in [1.82, 2.24) is 14.9 Å². The quantitative estimate of drug-likeness (QED) is 0.945. The lowest BCUT2D eigenvalue weighted by Gasteiger charge is -2.29. The van der Waals surface area contributed by atoms with Gasteiger partial charge in [0.2, 0.25) is 5.91 Å². The van der Waals surface area contributed by atoms with Crippen LogP contribution in [-0.4, -0.2) is 21.5 Å². The Hall–Kier alpha value is -1.69. The first-order chi connectivity index (χ1) is 10.1. The molecule has 112 valence electrons. The summed E-state index contributed by atoms with van der Waals surface area (Å²) >= 11 is 1.36. The summed E-state index contributed by atoms with van der Waals surface area (Å²) in [4.78, 5) is 28.6. The molecule has 0 aromatic carbocycles. The fourth-order valence-electron chi connectivity index (χ4n) is 2.93. The highest BCUT2D eigenvalue weighted by molar-refractivity contribution is 7.17. The third-order valence-corrected chi connectivity index (χ3v) is 5.10. The minimum absolute atomic E-state index is 0.0445. The molecule has 0 bridgehead atoms. The van der Waals surface area contributed by atoms with Crippen LogP contribution in [0, 0.1) is 5.92 Å². The summed E-state index contributed by atoms with van der Waals surface area (Å²) in [5, 5.41) is 4.90. The summed E-state index contributed by atoms with van der Waals surface area (Å²) in [5.74, 6) is 0.408. The monoisotopic (exact) mass is 305 g/mol. The number of aromatic nitrogens is 2. The van der Waals surface area contributed by atoms with Gasteiger partial charge in [-0.2, -0.15) is 0 Å². The largest absolute Gasteiger partial charge is 0.352 e. The Morgan fingerprint density at radius 3 is 3.10 bits per heavy atom. The van der Waals surface area contributed by atoms with Crippen molar-refractivity contribution in [2.75, 3.05) is 0 Å². The lowest BCUT2D eigenvalue weighted by atomic mass is 9.86. The molecule has 0 aliphatic heterocycles. The van der Waals surface area contributed by atoms with Gasteiger partial charge in [-0.05, 0) is 30.2 Å². The summed E-state index contributed by atoms with van der Waals surface area (Å²) in [6.07, 6.45) is 6.06. The van der Waals surface area contributed by atoms with Crippen molar-refractivity contribution in [1.29, 1.82) is 0 Å². The molecule has 3 rings (SSSR count). The third-order valence-electron chi connectivity index (χ3n) is 4.21. The minimum atomic E-state index is -0.137. The van der Waals surface area contributed by atoms with Gasteiger partial charge in [-0.15, -0.1) is 11.3 Å². The molecule has 6 heteroatoms. The summed E-state index contributed by atoms with van der Waals surface area (Å²) < 4.78 is 2.00. The molecule has 2 heterocycles. The smallest absolute Gasteiger partial charge is 0.271 e. The number of fused-ring (bicyclic) bond motifs is 1. The van der Waals surface area contributed by atoms with Crippen LogP contribution in [0.25, 0.3) is 10.2 Å². The predicted molar refractivity (Wildman–Crippen MR) is 83.4 cm³/mol. The van der Waals surface area contributed by atoms with E-state index in [0.717, 1.165) is 19.3 Å². The Morgan fingerprint density at radius 2 is 2.29 bits per heavy atom. The molecule has 0 spiro atoms. The maximum Gasteiger partial charge on any atom is 0.271 e. The van der Waals surface area contributed by atoms with Crippen LogP contribution in [-0.2, 0) is 11.3 Å². The van der Waals surface area contributed by atoms with E-state index in [1.807, 2.05) is 11.4 Å². The van der Waals surface area contributed by atoms with Crippen LogP contribution in [0.15, 0.2) is 22.6 Å². The molecule has 0 saturated heterocycles. The molecule has 21 heavy (non-hydrogen) atoms. The van der Waals surface area contributed by atoms with E-state index in [2.05, 4.69) is 17.2 Å². The van der Waals surface area contributed by atoms with Gasteiger partial charge in [-0.1, -0.05) is 19.8 Å². The van der Waals surface area contributed by atoms with Gasteiger partial charge in [0.25, 0.3) is 5.56 Å². The number of amides is 1. The summed E-state index contributed by atoms with van der Waals surface area (Å²) in [7, 11) is 0. The molecule has 2 aromatic heterocycles. The van der Waals surface area contributed by atoms with Crippen LogP contribution < -0.4 is 10.9 Å². The van der Waals surface area contributed by atoms with Gasteiger partial charge in [-0.25, -0.2) is 4.98 Å². The van der Waals surface area contributed by atoms with Crippen LogP contribution in [0.4, 0.5) is 0 Å². The van der Waals surface area contributed by atoms with Crippen LogP contribution in [0.1, 0.15) is 32.6 Å². The number of rotatable bonds is 3. The second kappa shape index (κ2) is 5.97. The van der Waals surface area contributed by atoms with Crippen molar-refractivity contribution in [2.45, 2.75) is 45.2 Å². The number of nitrogens with zero attached hydrogens (tertiary/aromatic N) is 2. The van der Waals surface area contributed by atoms with E-state index in [0.29, 0.717) is 16.1 Å². The number of thiophene rings is 1. The molecule has 1 amide bonds. The van der Waals surface area contributed by atoms with Gasteiger partial charge in [0.1, 0.15) is 11.2 Å². The Bertz CT molecular complexity index is 706. The van der Waals surface area contributed by atoms with Gasteiger partial charge in [0.15, 0.2) is 0 Å². The Labute approximate surface area is 127 Å². The first kappa shape index (κ1) is 14.3. The van der Waals surface area contributed by atoms with E-state index in [1.165, 1.54) is 28.7 Å². The molecular weight excluding hydrogens is 286 g/mol. The maximum atomic E-state index is 12.2. The molecule has 1 aliphatic carbocycles. The Kier molecular flexibility index (Phi) is 4.05. The van der Waals surface area contributed by atoms with E-state index < -0.39 is 0 Å². The van der Waals surface area contributed by atoms with Crippen LogP contribution >= 0.6 is 11.3 Å². The third kappa shape index (κ3) is 3.00. The number of carbonyl (C=O) groups excluding carboxylic acids is 1. The fourth-order valence-corrected chi connectivity index (χ4v) is 3.72. The van der Waals surface area contributed by atoms with Crippen LogP contribution in [0.5, 0.6) is 0 Å². The summed E-state index contributed by atoms with van der Waals surface area (Å²) in [6.45, 7) is 2.22. The highest BCUT2D eigenvalue weighted by Gasteiger charge is 2.23. The molecule has 1 N–H and O–H groups in total. The molecule has 1 saturated carbocycles. The van der Waals surface area contributed by atoms with Gasteiger partial charge >= 0.3 is 0 Å². The molecule has 0 radical (unpaired) electrons. The second-order valence-corrected chi connectivity index (χ2v) is 6.66. The summed E-state index contributed by atoms with van der Waals surface area (Å²) in [6, 6.07) is 2.05. The number of nitrogens with one attached hydrogen (secondary N) is 1. The van der Waals surface area contributed by atoms with E-state index >= 15 is 0 Å². The fraction of sp³-hybridized carbons (Fsp3) is 0.533. The topological polar surface area (TPSA) is 64.0 Å². The first-order valence-corrected chi connectivity index (χ1v) is 8.25. The van der Waals surface area contributed by atoms with Crippen molar-refractivity contribution in [3.8, 4) is 0 Å². The van der Waals surface area contributed by atoms with Gasteiger partial charge in [-0.3, -0.25) is 14.2 Å². The van der Waals surface area contributed by atoms with Crippen LogP contribution in [0.2, 0.25) is 0 Å². The normalized spacial score (nSPS) is 22.3. The highest BCUT2D eigenvalue weighted by Crippen LogP contribution is 2.23. The van der Waals surface area contributed by atoms with E-state index in [4.69, 9.17) is 0 Å². The lowest BCUT2D eigenvalue weighted by Crippen LogP contribution is -2.43. The zero-order valence-corrected chi connectivity index (χ0v) is 12.9. The molecular formula is C15H19N3O2S. The van der Waals surface area contributed by atoms with E-state index in [-0.39, 0.29) is 24.1 Å². The zero-order valence-electron chi connectivity index (χ0n) is 12.0. The second-order valence-electron chi connectivity index (χ2n) is 5.75. The molecule has 2 aromatic rings. The maximum absolute atomic E-state index is 12.2. The van der Waals surface area contributed by atoms with Gasteiger partial charge in [0, 0.05) is 6.04 Å². The van der Waals surface area contributed by atoms with Crippen molar-refractivity contribution in [3.05, 3.63) is 28.1 Å². The zero-order chi connectivity index (χ0) is 14.8. The van der Waals surface area contributed by atoms with Crippen molar-refractivity contribution >= 4 is 27.5 Å². The van der Waals surface area contributed by atoms with E-state index in [9.17, 15) is 9.59 Å². The Morgan fingerprint density at radius 1 is 1.48 bits per heavy atom. The van der Waals surface area contributed by atoms with Crippen molar-refractivity contribution in [3.63, 3.8) is 0 Å². The lowest BCUT2D eigenvalue weighted by molar-refractivity contribution is -0.123. The number of hydrogen-bond donors (Lipinski definition) is 1. The van der Waals surface area contributed by atoms with Gasteiger partial charge < -0.3 is 5.32 Å². The number of hydrogen-bond acceptors (Lipinski definition) is 4. The SMILES string of the molecule is CC1CCCCC1NC(=O)Cn1cnc2ccsc2c1=O. The molecule has 1 aliphatic rings. The van der Waals surface area contributed by atoms with Gasteiger partial charge in [0.05, 0.1) is 11.8 Å². The van der Waals surface area contributed by atoms with Crippen molar-refractivity contribution in [2.24, 2.45) is 5.92 Å². The molecule has 2 atom stereocenters. The Balaban J connectivity index is 1.71. The van der Waals surface area contributed by atoms with E-state index in [1.54, 1.807) is 0 Å². The average molecular weight is 305 g/mol. The van der Waals surface area contributed by atoms with Crippen molar-refractivity contribution < 1.29 is 4.79 Å². The van der Waals surface area contributed by atoms with Crippen LogP contribution in [0.3, 0.4) is 0 Å². The first-order valence-electron chi connectivity index (χ1n) is 7.37. The average Bonchev–Trinajstić information content (AvgIpc) is 2.94.